The zero-order valence-electron chi connectivity index (χ0n) is 13.8. The first-order valence-electron chi connectivity index (χ1n) is 7.60. The number of nitrogens with one attached hydrogen (secondary N) is 1. The minimum Gasteiger partial charge on any atom is -0.367 e. The van der Waals surface area contributed by atoms with Gasteiger partial charge in [0.15, 0.2) is 0 Å². The van der Waals surface area contributed by atoms with E-state index in [4.69, 9.17) is 0 Å². The summed E-state index contributed by atoms with van der Waals surface area (Å²) in [5, 5.41) is 3.39. The second kappa shape index (κ2) is 8.22. The summed E-state index contributed by atoms with van der Waals surface area (Å²) in [6, 6.07) is 5.11. The molecule has 0 radical (unpaired) electrons. The van der Waals surface area contributed by atoms with E-state index in [1.54, 1.807) is 0 Å². The average Bonchev–Trinajstić information content (AvgIpc) is 2.39. The van der Waals surface area contributed by atoms with Gasteiger partial charge in [-0.2, -0.15) is 0 Å². The Morgan fingerprint density at radius 3 is 2.35 bits per heavy atom. The third kappa shape index (κ3) is 4.76. The molecule has 20 heavy (non-hydrogen) atoms. The topological polar surface area (TPSA) is 31.4 Å². The summed E-state index contributed by atoms with van der Waals surface area (Å²) in [6.45, 7) is 11.7. The van der Waals surface area contributed by atoms with Crippen LogP contribution in [0.15, 0.2) is 18.3 Å². The number of pyridine rings is 1. The van der Waals surface area contributed by atoms with E-state index in [1.165, 1.54) is 5.69 Å². The number of hydrogen-bond donors (Lipinski definition) is 1. The monoisotopic (exact) mass is 278 g/mol. The predicted octanol–water partition coefficient (Wildman–Crippen LogP) is 2.53. The van der Waals surface area contributed by atoms with E-state index in [0.717, 1.165) is 25.3 Å². The van der Waals surface area contributed by atoms with E-state index < -0.39 is 0 Å². The lowest BCUT2D eigenvalue weighted by molar-refractivity contribution is 0.373. The van der Waals surface area contributed by atoms with Gasteiger partial charge in [0.2, 0.25) is 0 Å². The zero-order valence-corrected chi connectivity index (χ0v) is 13.8. The van der Waals surface area contributed by atoms with Gasteiger partial charge in [0, 0.05) is 25.2 Å². The van der Waals surface area contributed by atoms with Gasteiger partial charge in [0.25, 0.3) is 0 Å². The Balaban J connectivity index is 2.79. The Morgan fingerprint density at radius 1 is 1.20 bits per heavy atom. The van der Waals surface area contributed by atoms with E-state index >= 15 is 0 Å². The summed E-state index contributed by atoms with van der Waals surface area (Å²) < 4.78 is 0. The highest BCUT2D eigenvalue weighted by Crippen LogP contribution is 2.18. The lowest BCUT2D eigenvalue weighted by Crippen LogP contribution is -2.40. The first-order chi connectivity index (χ1) is 9.49. The van der Waals surface area contributed by atoms with Crippen LogP contribution in [0.1, 0.15) is 39.4 Å². The van der Waals surface area contributed by atoms with Crippen LogP contribution in [-0.2, 0) is 0 Å². The van der Waals surface area contributed by atoms with Crippen LogP contribution in [0.2, 0.25) is 0 Å². The first kappa shape index (κ1) is 16.9. The summed E-state index contributed by atoms with van der Waals surface area (Å²) in [6.07, 6.45) is 2.00. The molecule has 0 aliphatic heterocycles. The highest BCUT2D eigenvalue weighted by atomic mass is 15.2. The first-order valence-corrected chi connectivity index (χ1v) is 7.60. The van der Waals surface area contributed by atoms with E-state index in [-0.39, 0.29) is 0 Å². The van der Waals surface area contributed by atoms with Crippen molar-refractivity contribution in [3.8, 4) is 0 Å². The third-order valence-corrected chi connectivity index (χ3v) is 3.56. The minimum absolute atomic E-state index is 0.309. The van der Waals surface area contributed by atoms with Crippen molar-refractivity contribution >= 4 is 5.69 Å². The largest absolute Gasteiger partial charge is 0.367 e. The molecule has 0 amide bonds. The van der Waals surface area contributed by atoms with Crippen molar-refractivity contribution in [3.05, 3.63) is 24.0 Å². The Labute approximate surface area is 124 Å². The Bertz CT molecular complexity index is 375. The second-order valence-electron chi connectivity index (χ2n) is 5.62. The summed E-state index contributed by atoms with van der Waals surface area (Å²) in [5.74, 6) is 0. The maximum absolute atomic E-state index is 4.61. The van der Waals surface area contributed by atoms with Gasteiger partial charge in [-0.15, -0.1) is 0 Å². The minimum atomic E-state index is 0.309. The lowest BCUT2D eigenvalue weighted by Gasteiger charge is -2.32. The lowest BCUT2D eigenvalue weighted by atomic mass is 10.2. The maximum atomic E-state index is 4.61. The Kier molecular flexibility index (Phi) is 6.96. The van der Waals surface area contributed by atoms with Crippen LogP contribution >= 0.6 is 0 Å². The molecule has 1 N–H and O–H groups in total. The SMILES string of the molecule is CCNC(C)c1ccc(N(CC)C(C)CN(C)C)cn1. The third-order valence-electron chi connectivity index (χ3n) is 3.56. The molecule has 1 rings (SSSR count). The van der Waals surface area contributed by atoms with Crippen molar-refractivity contribution in [2.45, 2.75) is 39.8 Å². The van der Waals surface area contributed by atoms with Crippen molar-refractivity contribution in [2.75, 3.05) is 38.6 Å². The molecule has 114 valence electrons. The van der Waals surface area contributed by atoms with Crippen LogP contribution in [0.4, 0.5) is 5.69 Å². The number of nitrogens with zero attached hydrogens (tertiary/aromatic N) is 3. The summed E-state index contributed by atoms with van der Waals surface area (Å²) in [4.78, 5) is 9.23. The molecule has 0 aromatic carbocycles. The van der Waals surface area contributed by atoms with Gasteiger partial charge in [-0.05, 0) is 53.5 Å². The molecule has 2 unspecified atom stereocenters. The summed E-state index contributed by atoms with van der Waals surface area (Å²) in [7, 11) is 4.23. The van der Waals surface area contributed by atoms with E-state index in [2.05, 4.69) is 74.0 Å². The van der Waals surface area contributed by atoms with Crippen LogP contribution in [0.25, 0.3) is 0 Å². The molecule has 4 heteroatoms. The maximum Gasteiger partial charge on any atom is 0.0572 e. The van der Waals surface area contributed by atoms with E-state index in [9.17, 15) is 0 Å². The molecular weight excluding hydrogens is 248 g/mol. The molecule has 0 spiro atoms. The van der Waals surface area contributed by atoms with Crippen LogP contribution < -0.4 is 10.2 Å². The van der Waals surface area contributed by atoms with Crippen molar-refractivity contribution in [3.63, 3.8) is 0 Å². The standard InChI is InChI=1S/C16H30N4/c1-7-17-14(4)16-10-9-15(11-18-16)20(8-2)13(3)12-19(5)6/h9-11,13-14,17H,7-8,12H2,1-6H3. The van der Waals surface area contributed by atoms with Crippen LogP contribution in [0, 0.1) is 0 Å². The van der Waals surface area contributed by atoms with Crippen LogP contribution in [0.5, 0.6) is 0 Å². The molecule has 0 saturated heterocycles. The van der Waals surface area contributed by atoms with Crippen molar-refractivity contribution in [2.24, 2.45) is 0 Å². The highest BCUT2D eigenvalue weighted by molar-refractivity contribution is 5.45. The molecule has 1 aromatic heterocycles. The zero-order chi connectivity index (χ0) is 15.1. The van der Waals surface area contributed by atoms with Crippen molar-refractivity contribution < 1.29 is 0 Å². The molecule has 2 atom stereocenters. The molecule has 0 aliphatic carbocycles. The molecular formula is C16H30N4. The van der Waals surface area contributed by atoms with Gasteiger partial charge >= 0.3 is 0 Å². The number of anilines is 1. The fourth-order valence-corrected chi connectivity index (χ4v) is 2.61. The van der Waals surface area contributed by atoms with Gasteiger partial charge < -0.3 is 15.1 Å². The van der Waals surface area contributed by atoms with Crippen LogP contribution in [-0.4, -0.2) is 49.7 Å². The normalized spacial score (nSPS) is 14.3. The number of rotatable bonds is 8. The van der Waals surface area contributed by atoms with Gasteiger partial charge in [-0.3, -0.25) is 4.98 Å². The molecule has 1 aromatic rings. The van der Waals surface area contributed by atoms with Gasteiger partial charge in [0.1, 0.15) is 0 Å². The van der Waals surface area contributed by atoms with E-state index in [0.29, 0.717) is 12.1 Å². The number of hydrogen-bond acceptors (Lipinski definition) is 4. The molecule has 1 heterocycles. The van der Waals surface area contributed by atoms with E-state index in [1.807, 2.05) is 6.20 Å². The smallest absolute Gasteiger partial charge is 0.0572 e. The van der Waals surface area contributed by atoms with Crippen molar-refractivity contribution in [1.29, 1.82) is 0 Å². The van der Waals surface area contributed by atoms with Gasteiger partial charge in [-0.1, -0.05) is 6.92 Å². The Morgan fingerprint density at radius 2 is 1.90 bits per heavy atom. The average molecular weight is 278 g/mol. The van der Waals surface area contributed by atoms with Gasteiger partial charge in [-0.25, -0.2) is 0 Å². The molecule has 4 nitrogen and oxygen atoms in total. The number of likely N-dealkylation sites (N-methyl/N-ethyl adjacent to an activating group) is 2. The Hall–Kier alpha value is -1.13. The molecule has 0 aliphatic rings. The summed E-state index contributed by atoms with van der Waals surface area (Å²) >= 11 is 0. The van der Waals surface area contributed by atoms with Crippen molar-refractivity contribution in [1.82, 2.24) is 15.2 Å². The molecule has 0 fully saturated rings. The number of aromatic nitrogens is 1. The van der Waals surface area contributed by atoms with Crippen LogP contribution in [0.3, 0.4) is 0 Å². The molecule has 0 bridgehead atoms. The highest BCUT2D eigenvalue weighted by Gasteiger charge is 2.14. The second-order valence-corrected chi connectivity index (χ2v) is 5.62. The quantitative estimate of drug-likeness (QED) is 0.792. The van der Waals surface area contributed by atoms with Gasteiger partial charge in [0.05, 0.1) is 17.6 Å². The molecule has 0 saturated carbocycles. The summed E-state index contributed by atoms with van der Waals surface area (Å²) in [5.41, 5.74) is 2.31. The predicted molar refractivity (Wildman–Crippen MR) is 87.4 cm³/mol. The fraction of sp³-hybridized carbons (Fsp3) is 0.688. The fourth-order valence-electron chi connectivity index (χ4n) is 2.61.